The first-order valence-corrected chi connectivity index (χ1v) is 7.38. The van der Waals surface area contributed by atoms with Gasteiger partial charge in [-0.25, -0.2) is 9.89 Å². The molecule has 0 spiro atoms. The third kappa shape index (κ3) is 2.70. The van der Waals surface area contributed by atoms with Crippen molar-refractivity contribution in [2.45, 2.75) is 13.8 Å². The van der Waals surface area contributed by atoms with Crippen LogP contribution in [0.3, 0.4) is 0 Å². The monoisotopic (exact) mass is 314 g/mol. The summed E-state index contributed by atoms with van der Waals surface area (Å²) in [7, 11) is 0. The average molecular weight is 314 g/mol. The van der Waals surface area contributed by atoms with Gasteiger partial charge in [-0.1, -0.05) is 0 Å². The van der Waals surface area contributed by atoms with E-state index >= 15 is 0 Å². The Kier molecular flexibility index (Phi) is 3.88. The number of benzene rings is 1. The highest BCUT2D eigenvalue weighted by molar-refractivity contribution is 5.83. The molecule has 0 saturated carbocycles. The summed E-state index contributed by atoms with van der Waals surface area (Å²) in [6.45, 7) is 6.01. The van der Waals surface area contributed by atoms with E-state index in [-0.39, 0.29) is 5.55 Å². The largest absolute Gasteiger partial charge is 0.436 e. The fraction of sp³-hybridized carbons (Fsp3) is 0.267. The minimum absolute atomic E-state index is 0.206. The molecule has 0 aliphatic carbocycles. The Hall–Kier alpha value is -3.03. The highest BCUT2D eigenvalue weighted by Gasteiger charge is 2.11. The SMILES string of the molecule is CCN(CC)c1ccc2cc(-c3n[nH]c(=O)[nH]3)/c(=N\N)oc2c1. The zero-order valence-electron chi connectivity index (χ0n) is 13.0. The van der Waals surface area contributed by atoms with Crippen molar-refractivity contribution < 1.29 is 4.42 Å². The van der Waals surface area contributed by atoms with E-state index in [1.54, 1.807) is 0 Å². The number of rotatable bonds is 4. The van der Waals surface area contributed by atoms with Gasteiger partial charge in [-0.05, 0) is 32.0 Å². The van der Waals surface area contributed by atoms with Crippen LogP contribution in [0.15, 0.2) is 38.6 Å². The third-order valence-electron chi connectivity index (χ3n) is 3.74. The van der Waals surface area contributed by atoms with Gasteiger partial charge in [-0.3, -0.25) is 4.98 Å². The molecule has 1 aromatic carbocycles. The van der Waals surface area contributed by atoms with Gasteiger partial charge in [0.05, 0.1) is 5.56 Å². The second kappa shape index (κ2) is 5.99. The van der Waals surface area contributed by atoms with Gasteiger partial charge in [0.1, 0.15) is 5.58 Å². The number of nitrogens with two attached hydrogens (primary N) is 1. The molecule has 0 fully saturated rings. The number of aromatic amines is 2. The highest BCUT2D eigenvalue weighted by Crippen LogP contribution is 2.23. The molecule has 0 amide bonds. The molecule has 0 radical (unpaired) electrons. The van der Waals surface area contributed by atoms with Gasteiger partial charge in [0.2, 0.25) is 5.55 Å². The van der Waals surface area contributed by atoms with Crippen molar-refractivity contribution in [1.82, 2.24) is 15.2 Å². The second-order valence-electron chi connectivity index (χ2n) is 5.02. The molecule has 0 aliphatic heterocycles. The molecule has 0 aliphatic rings. The smallest absolute Gasteiger partial charge is 0.340 e. The molecule has 3 rings (SSSR count). The van der Waals surface area contributed by atoms with Crippen LogP contribution in [-0.4, -0.2) is 28.3 Å². The van der Waals surface area contributed by atoms with Crippen LogP contribution in [0.25, 0.3) is 22.4 Å². The Labute approximate surface area is 131 Å². The number of anilines is 1. The van der Waals surface area contributed by atoms with Gasteiger partial charge in [0.15, 0.2) is 5.82 Å². The first kappa shape index (κ1) is 14.9. The number of H-pyrrole nitrogens is 2. The fourth-order valence-electron chi connectivity index (χ4n) is 2.56. The van der Waals surface area contributed by atoms with Crippen molar-refractivity contribution in [2.75, 3.05) is 18.0 Å². The molecule has 23 heavy (non-hydrogen) atoms. The lowest BCUT2D eigenvalue weighted by molar-refractivity contribution is 0.539. The zero-order valence-corrected chi connectivity index (χ0v) is 13.0. The maximum atomic E-state index is 11.2. The van der Waals surface area contributed by atoms with Crippen LogP contribution in [0.2, 0.25) is 0 Å². The number of hydrogen-bond donors (Lipinski definition) is 3. The molecule has 3 aromatic rings. The Morgan fingerprint density at radius 1 is 1.30 bits per heavy atom. The summed E-state index contributed by atoms with van der Waals surface area (Å²) in [4.78, 5) is 16.0. The van der Waals surface area contributed by atoms with Crippen LogP contribution in [0.4, 0.5) is 5.69 Å². The van der Waals surface area contributed by atoms with E-state index in [9.17, 15) is 4.79 Å². The van der Waals surface area contributed by atoms with E-state index in [4.69, 9.17) is 10.3 Å². The van der Waals surface area contributed by atoms with Crippen LogP contribution in [-0.2, 0) is 0 Å². The predicted octanol–water partition coefficient (Wildman–Crippen LogP) is 1.13. The average Bonchev–Trinajstić information content (AvgIpc) is 3.01. The van der Waals surface area contributed by atoms with Gasteiger partial charge >= 0.3 is 5.69 Å². The Morgan fingerprint density at radius 3 is 2.70 bits per heavy atom. The van der Waals surface area contributed by atoms with Crippen molar-refractivity contribution in [3.63, 3.8) is 0 Å². The minimum Gasteiger partial charge on any atom is -0.436 e. The van der Waals surface area contributed by atoms with E-state index in [0.29, 0.717) is 17.0 Å². The van der Waals surface area contributed by atoms with Gasteiger partial charge in [-0.2, -0.15) is 5.10 Å². The summed E-state index contributed by atoms with van der Waals surface area (Å²) in [5, 5.41) is 10.7. The molecule has 2 aromatic heterocycles. The van der Waals surface area contributed by atoms with Gasteiger partial charge in [0, 0.05) is 30.2 Å². The topological polar surface area (TPSA) is 116 Å². The minimum atomic E-state index is -0.403. The number of aromatic nitrogens is 3. The summed E-state index contributed by atoms with van der Waals surface area (Å²) in [5.74, 6) is 5.76. The van der Waals surface area contributed by atoms with Crippen LogP contribution >= 0.6 is 0 Å². The van der Waals surface area contributed by atoms with Crippen molar-refractivity contribution in [3.05, 3.63) is 40.3 Å². The highest BCUT2D eigenvalue weighted by atomic mass is 16.3. The number of hydrogen-bond acceptors (Lipinski definition) is 6. The Bertz CT molecular complexity index is 948. The Balaban J connectivity index is 2.19. The van der Waals surface area contributed by atoms with Gasteiger partial charge in [0.25, 0.3) is 0 Å². The lowest BCUT2D eigenvalue weighted by atomic mass is 10.1. The zero-order chi connectivity index (χ0) is 16.4. The van der Waals surface area contributed by atoms with Gasteiger partial charge in [-0.15, -0.1) is 5.10 Å². The molecule has 0 saturated heterocycles. The van der Waals surface area contributed by atoms with E-state index < -0.39 is 5.69 Å². The molecule has 8 nitrogen and oxygen atoms in total. The fourth-order valence-corrected chi connectivity index (χ4v) is 2.56. The normalized spacial score (nSPS) is 12.0. The van der Waals surface area contributed by atoms with E-state index in [1.165, 1.54) is 0 Å². The Morgan fingerprint density at radius 2 is 2.09 bits per heavy atom. The maximum absolute atomic E-state index is 11.2. The first-order valence-electron chi connectivity index (χ1n) is 7.38. The number of nitrogens with one attached hydrogen (secondary N) is 2. The van der Waals surface area contributed by atoms with Crippen LogP contribution < -0.4 is 22.0 Å². The second-order valence-corrected chi connectivity index (χ2v) is 5.02. The molecule has 120 valence electrons. The van der Waals surface area contributed by atoms with Crippen LogP contribution in [0.1, 0.15) is 13.8 Å². The van der Waals surface area contributed by atoms with Crippen LogP contribution in [0.5, 0.6) is 0 Å². The van der Waals surface area contributed by atoms with E-state index in [2.05, 4.69) is 39.0 Å². The number of fused-ring (bicyclic) bond motifs is 1. The summed E-state index contributed by atoms with van der Waals surface area (Å²) in [6.07, 6.45) is 0. The molecular formula is C15H18N6O2. The molecular weight excluding hydrogens is 296 g/mol. The van der Waals surface area contributed by atoms with Gasteiger partial charge < -0.3 is 15.2 Å². The van der Waals surface area contributed by atoms with Crippen molar-refractivity contribution in [1.29, 1.82) is 0 Å². The molecule has 0 bridgehead atoms. The lowest BCUT2D eigenvalue weighted by Crippen LogP contribution is -2.21. The predicted molar refractivity (Wildman–Crippen MR) is 87.7 cm³/mol. The first-order chi connectivity index (χ1) is 11.2. The maximum Gasteiger partial charge on any atom is 0.340 e. The molecule has 0 atom stereocenters. The number of nitrogens with zero attached hydrogens (tertiary/aromatic N) is 3. The molecule has 8 heteroatoms. The summed E-state index contributed by atoms with van der Waals surface area (Å²) >= 11 is 0. The third-order valence-corrected chi connectivity index (χ3v) is 3.74. The molecule has 4 N–H and O–H groups in total. The van der Waals surface area contributed by atoms with Crippen molar-refractivity contribution in [2.24, 2.45) is 10.9 Å². The lowest BCUT2D eigenvalue weighted by Gasteiger charge is -2.21. The summed E-state index contributed by atoms with van der Waals surface area (Å²) in [6, 6.07) is 7.78. The summed E-state index contributed by atoms with van der Waals surface area (Å²) < 4.78 is 5.79. The van der Waals surface area contributed by atoms with Crippen molar-refractivity contribution in [3.8, 4) is 11.4 Å². The standard InChI is InChI=1S/C15H18N6O2/c1-3-21(4-2)10-6-5-9-7-11(13-17-15(22)20-19-13)14(18-16)23-12(9)8-10/h5-8H,3-4,16H2,1-2H3,(H2,17,19,20,22)/b18-14+. The molecule has 0 unspecified atom stereocenters. The molecule has 2 heterocycles. The van der Waals surface area contributed by atoms with Crippen molar-refractivity contribution >= 4 is 16.7 Å². The van der Waals surface area contributed by atoms with E-state index in [1.807, 2.05) is 24.3 Å². The quantitative estimate of drug-likeness (QED) is 0.493. The van der Waals surface area contributed by atoms with Crippen LogP contribution in [0, 0.1) is 0 Å². The van der Waals surface area contributed by atoms with E-state index in [0.717, 1.165) is 24.2 Å². The summed E-state index contributed by atoms with van der Waals surface area (Å²) in [5.41, 5.74) is 2.06.